The minimum atomic E-state index is -1.20. The van der Waals surface area contributed by atoms with Gasteiger partial charge in [-0.05, 0) is 25.2 Å². The fraction of sp³-hybridized carbons (Fsp3) is 0.455. The van der Waals surface area contributed by atoms with Crippen LogP contribution in [0.15, 0.2) is 4.21 Å². The van der Waals surface area contributed by atoms with Crippen molar-refractivity contribution >= 4 is 34.9 Å². The van der Waals surface area contributed by atoms with Gasteiger partial charge in [-0.3, -0.25) is 4.79 Å². The van der Waals surface area contributed by atoms with Gasteiger partial charge in [0.25, 0.3) is 0 Å². The van der Waals surface area contributed by atoms with E-state index in [9.17, 15) is 14.7 Å². The molecular formula is C11H13O3S2-. The Kier molecular flexibility index (Phi) is 4.56. The zero-order chi connectivity index (χ0) is 12.3. The molecule has 0 aromatic carbocycles. The van der Waals surface area contributed by atoms with Crippen molar-refractivity contribution in [3.8, 4) is 0 Å². The summed E-state index contributed by atoms with van der Waals surface area (Å²) in [6, 6.07) is 0. The van der Waals surface area contributed by atoms with Crippen LogP contribution in [0.2, 0.25) is 0 Å². The summed E-state index contributed by atoms with van der Waals surface area (Å²) in [6.45, 7) is 3.60. The predicted octanol–water partition coefficient (Wildman–Crippen LogP) is 2.12. The lowest BCUT2D eigenvalue weighted by atomic mass is 10.1. The van der Waals surface area contributed by atoms with Gasteiger partial charge in [0.1, 0.15) is 0 Å². The first-order valence-electron chi connectivity index (χ1n) is 4.94. The molecule has 1 rings (SSSR count). The van der Waals surface area contributed by atoms with Gasteiger partial charge in [0.2, 0.25) is 0 Å². The van der Waals surface area contributed by atoms with E-state index in [0.717, 1.165) is 6.42 Å². The zero-order valence-corrected chi connectivity index (χ0v) is 11.1. The summed E-state index contributed by atoms with van der Waals surface area (Å²) in [7, 11) is 0. The molecule has 0 atom stereocenters. The summed E-state index contributed by atoms with van der Waals surface area (Å²) in [5.41, 5.74) is 0.727. The molecule has 5 heteroatoms. The Labute approximate surface area is 103 Å². The Hall–Kier alpha value is -0.810. The minimum absolute atomic E-state index is 0.0211. The van der Waals surface area contributed by atoms with Crippen LogP contribution in [-0.4, -0.2) is 18.0 Å². The van der Waals surface area contributed by atoms with Crippen LogP contribution >= 0.6 is 23.1 Å². The largest absolute Gasteiger partial charge is 0.545 e. The van der Waals surface area contributed by atoms with E-state index in [-0.39, 0.29) is 11.3 Å². The van der Waals surface area contributed by atoms with Crippen LogP contribution in [0.3, 0.4) is 0 Å². The number of thioether (sulfide) groups is 1. The molecule has 0 fully saturated rings. The van der Waals surface area contributed by atoms with Crippen molar-refractivity contribution in [3.63, 3.8) is 0 Å². The van der Waals surface area contributed by atoms with Crippen LogP contribution in [0.4, 0.5) is 0 Å². The molecule has 0 saturated carbocycles. The van der Waals surface area contributed by atoms with Gasteiger partial charge in [0.05, 0.1) is 15.1 Å². The maximum atomic E-state index is 11.8. The molecule has 88 valence electrons. The number of carboxylic acids is 1. The standard InChI is InChI=1S/C11H14O3S2/c1-4-5-7(12)9-6(2)8(10(13)14)11(15-3)16-9/h4-5H2,1-3H3,(H,13,14)/p-1. The molecule has 0 unspecified atom stereocenters. The summed E-state index contributed by atoms with van der Waals surface area (Å²) in [5, 5.41) is 11.0. The fourth-order valence-electron chi connectivity index (χ4n) is 1.47. The van der Waals surface area contributed by atoms with E-state index in [0.29, 0.717) is 21.1 Å². The molecule has 16 heavy (non-hydrogen) atoms. The van der Waals surface area contributed by atoms with Crippen LogP contribution in [-0.2, 0) is 0 Å². The minimum Gasteiger partial charge on any atom is -0.545 e. The second-order valence-electron chi connectivity index (χ2n) is 3.38. The number of aromatic carboxylic acids is 1. The molecule has 0 aliphatic carbocycles. The molecule has 1 aromatic rings. The Balaban J connectivity index is 3.23. The Bertz CT molecular complexity index is 421. The van der Waals surface area contributed by atoms with Crippen LogP contribution < -0.4 is 5.11 Å². The molecule has 0 bridgehead atoms. The van der Waals surface area contributed by atoms with Gasteiger partial charge in [0.15, 0.2) is 5.78 Å². The van der Waals surface area contributed by atoms with Crippen LogP contribution in [0.1, 0.15) is 45.4 Å². The van der Waals surface area contributed by atoms with Crippen molar-refractivity contribution in [1.29, 1.82) is 0 Å². The molecule has 0 saturated heterocycles. The summed E-state index contributed by atoms with van der Waals surface area (Å²) < 4.78 is 0.650. The number of ketones is 1. The lowest BCUT2D eigenvalue weighted by molar-refractivity contribution is -0.255. The van der Waals surface area contributed by atoms with Gasteiger partial charge in [-0.1, -0.05) is 6.92 Å². The Morgan fingerprint density at radius 3 is 2.44 bits per heavy atom. The molecule has 0 aliphatic heterocycles. The second-order valence-corrected chi connectivity index (χ2v) is 5.48. The summed E-state index contributed by atoms with van der Waals surface area (Å²) in [4.78, 5) is 23.3. The highest BCUT2D eigenvalue weighted by atomic mass is 32.2. The maximum absolute atomic E-state index is 11.8. The van der Waals surface area contributed by atoms with E-state index in [2.05, 4.69) is 0 Å². The highest BCUT2D eigenvalue weighted by Gasteiger charge is 2.19. The third-order valence-corrected chi connectivity index (χ3v) is 4.69. The van der Waals surface area contributed by atoms with E-state index in [4.69, 9.17) is 0 Å². The average molecular weight is 257 g/mol. The monoisotopic (exact) mass is 257 g/mol. The van der Waals surface area contributed by atoms with Crippen LogP contribution in [0, 0.1) is 6.92 Å². The molecule has 1 aromatic heterocycles. The van der Waals surface area contributed by atoms with E-state index >= 15 is 0 Å². The van der Waals surface area contributed by atoms with Gasteiger partial charge >= 0.3 is 0 Å². The van der Waals surface area contributed by atoms with Crippen molar-refractivity contribution in [2.24, 2.45) is 0 Å². The van der Waals surface area contributed by atoms with Gasteiger partial charge in [-0.25, -0.2) is 0 Å². The van der Waals surface area contributed by atoms with Gasteiger partial charge < -0.3 is 9.90 Å². The quantitative estimate of drug-likeness (QED) is 0.599. The zero-order valence-electron chi connectivity index (χ0n) is 9.46. The normalized spacial score (nSPS) is 10.4. The van der Waals surface area contributed by atoms with E-state index in [1.54, 1.807) is 13.2 Å². The molecule has 0 radical (unpaired) electrons. The van der Waals surface area contributed by atoms with Crippen molar-refractivity contribution < 1.29 is 14.7 Å². The number of thiophene rings is 1. The van der Waals surface area contributed by atoms with Gasteiger partial charge in [-0.2, -0.15) is 0 Å². The third kappa shape index (κ3) is 2.47. The van der Waals surface area contributed by atoms with E-state index in [1.807, 2.05) is 6.92 Å². The molecule has 1 heterocycles. The first kappa shape index (κ1) is 13.3. The number of carbonyl (C=O) groups is 2. The summed E-state index contributed by atoms with van der Waals surface area (Å²) >= 11 is 2.59. The van der Waals surface area contributed by atoms with Crippen molar-refractivity contribution in [3.05, 3.63) is 16.0 Å². The molecular weight excluding hydrogens is 244 g/mol. The van der Waals surface area contributed by atoms with Crippen molar-refractivity contribution in [2.45, 2.75) is 30.9 Å². The summed E-state index contributed by atoms with van der Waals surface area (Å²) in [6.07, 6.45) is 3.03. The highest BCUT2D eigenvalue weighted by molar-refractivity contribution is 8.00. The van der Waals surface area contributed by atoms with E-state index in [1.165, 1.54) is 23.1 Å². The van der Waals surface area contributed by atoms with Crippen LogP contribution in [0.25, 0.3) is 0 Å². The van der Waals surface area contributed by atoms with Gasteiger partial charge in [0, 0.05) is 12.0 Å². The van der Waals surface area contributed by atoms with Crippen molar-refractivity contribution in [2.75, 3.05) is 6.26 Å². The lowest BCUT2D eigenvalue weighted by Crippen LogP contribution is -2.23. The van der Waals surface area contributed by atoms with Gasteiger partial charge in [-0.15, -0.1) is 23.1 Å². The molecule has 3 nitrogen and oxygen atoms in total. The first-order valence-corrected chi connectivity index (χ1v) is 6.98. The molecule has 0 spiro atoms. The number of hydrogen-bond donors (Lipinski definition) is 0. The summed E-state index contributed by atoms with van der Waals surface area (Å²) in [5.74, 6) is -1.18. The number of hydrogen-bond acceptors (Lipinski definition) is 5. The first-order chi connectivity index (χ1) is 7.52. The van der Waals surface area contributed by atoms with Crippen molar-refractivity contribution in [1.82, 2.24) is 0 Å². The molecule has 0 amide bonds. The lowest BCUT2D eigenvalue weighted by Gasteiger charge is -2.03. The predicted molar refractivity (Wildman–Crippen MR) is 64.4 cm³/mol. The highest BCUT2D eigenvalue weighted by Crippen LogP contribution is 2.35. The molecule has 0 N–H and O–H groups in total. The Morgan fingerprint density at radius 2 is 2.06 bits per heavy atom. The number of rotatable bonds is 5. The number of carboxylic acid groups (broad SMARTS) is 1. The van der Waals surface area contributed by atoms with Crippen LogP contribution in [0.5, 0.6) is 0 Å². The topological polar surface area (TPSA) is 57.2 Å². The fourth-order valence-corrected chi connectivity index (χ4v) is 3.49. The average Bonchev–Trinajstić information content (AvgIpc) is 2.55. The molecule has 0 aliphatic rings. The van der Waals surface area contributed by atoms with E-state index < -0.39 is 5.97 Å². The SMILES string of the molecule is CCCC(=O)c1sc(SC)c(C(=O)[O-])c1C. The second kappa shape index (κ2) is 5.50. The Morgan fingerprint density at radius 1 is 1.44 bits per heavy atom. The maximum Gasteiger partial charge on any atom is 0.173 e. The number of carbonyl (C=O) groups excluding carboxylic acids is 2. The third-order valence-electron chi connectivity index (χ3n) is 2.23. The number of Topliss-reactive ketones (excluding diaryl/α,β-unsaturated/α-hetero) is 1. The smallest absolute Gasteiger partial charge is 0.173 e.